The van der Waals surface area contributed by atoms with E-state index in [9.17, 15) is 8.42 Å². The first-order valence-corrected chi connectivity index (χ1v) is 10.7. The van der Waals surface area contributed by atoms with Crippen LogP contribution in [0.15, 0.2) is 17.2 Å². The lowest BCUT2D eigenvalue weighted by Crippen LogP contribution is -2.25. The molecule has 1 saturated heterocycles. The van der Waals surface area contributed by atoms with Crippen molar-refractivity contribution in [1.29, 1.82) is 0 Å². The summed E-state index contributed by atoms with van der Waals surface area (Å²) >= 11 is 0. The fourth-order valence-corrected chi connectivity index (χ4v) is 6.30. The molecule has 0 unspecified atom stereocenters. The van der Waals surface area contributed by atoms with Crippen LogP contribution in [0.1, 0.15) is 44.9 Å². The SMILES string of the molecule is O=S(=O)(c1ccc(N[C@H]2C[C@H]3CNC[C@H]3C2)nn1)C1CCCCC1. The van der Waals surface area contributed by atoms with Crippen molar-refractivity contribution in [2.75, 3.05) is 18.4 Å². The Balaban J connectivity index is 1.41. The number of fused-ring (bicyclic) bond motifs is 1. The van der Waals surface area contributed by atoms with Gasteiger partial charge in [0, 0.05) is 6.04 Å². The van der Waals surface area contributed by atoms with Gasteiger partial charge in [0.15, 0.2) is 14.9 Å². The molecule has 6 nitrogen and oxygen atoms in total. The van der Waals surface area contributed by atoms with Crippen LogP contribution < -0.4 is 10.6 Å². The van der Waals surface area contributed by atoms with Crippen molar-refractivity contribution in [3.63, 3.8) is 0 Å². The van der Waals surface area contributed by atoms with Gasteiger partial charge >= 0.3 is 0 Å². The standard InChI is InChI=1S/C17H26N4O2S/c22-24(23,15-4-2-1-3-5-15)17-7-6-16(20-21-17)19-14-8-12-10-18-11-13(12)9-14/h6-7,12-15,18H,1-5,8-11H2,(H,19,20)/t12-,13+,14-. The minimum Gasteiger partial charge on any atom is -0.366 e. The summed E-state index contributed by atoms with van der Waals surface area (Å²) in [5.74, 6) is 2.22. The van der Waals surface area contributed by atoms with E-state index in [-0.39, 0.29) is 10.3 Å². The van der Waals surface area contributed by atoms with E-state index in [1.807, 2.05) is 0 Å². The second-order valence-corrected chi connectivity index (χ2v) is 9.73. The molecule has 2 heterocycles. The van der Waals surface area contributed by atoms with Crippen LogP contribution in [-0.4, -0.2) is 43.0 Å². The third-order valence-electron chi connectivity index (χ3n) is 5.93. The van der Waals surface area contributed by atoms with Crippen molar-refractivity contribution < 1.29 is 8.42 Å². The number of aromatic nitrogens is 2. The van der Waals surface area contributed by atoms with Crippen molar-refractivity contribution in [3.8, 4) is 0 Å². The van der Waals surface area contributed by atoms with Gasteiger partial charge in [-0.3, -0.25) is 0 Å². The number of nitrogens with zero attached hydrogens (tertiary/aromatic N) is 2. The summed E-state index contributed by atoms with van der Waals surface area (Å²) in [6.07, 6.45) is 6.94. The zero-order valence-corrected chi connectivity index (χ0v) is 14.8. The Morgan fingerprint density at radius 1 is 1.00 bits per heavy atom. The highest BCUT2D eigenvalue weighted by atomic mass is 32.2. The second-order valence-electron chi connectivity index (χ2n) is 7.55. The van der Waals surface area contributed by atoms with Gasteiger partial charge in [0.25, 0.3) is 0 Å². The molecule has 0 bridgehead atoms. The van der Waals surface area contributed by atoms with Gasteiger partial charge < -0.3 is 10.6 Å². The number of sulfone groups is 1. The van der Waals surface area contributed by atoms with Gasteiger partial charge in [-0.1, -0.05) is 19.3 Å². The first-order chi connectivity index (χ1) is 11.6. The summed E-state index contributed by atoms with van der Waals surface area (Å²) < 4.78 is 25.3. The normalized spacial score (nSPS) is 31.1. The van der Waals surface area contributed by atoms with Crippen molar-refractivity contribution in [3.05, 3.63) is 12.1 Å². The van der Waals surface area contributed by atoms with Crippen LogP contribution >= 0.6 is 0 Å². The summed E-state index contributed by atoms with van der Waals surface area (Å²) in [6, 6.07) is 3.82. The maximum atomic E-state index is 12.6. The third-order valence-corrected chi connectivity index (χ3v) is 8.08. The number of rotatable bonds is 4. The molecule has 3 aliphatic rings. The molecular weight excluding hydrogens is 324 g/mol. The molecule has 2 saturated carbocycles. The van der Waals surface area contributed by atoms with Crippen molar-refractivity contribution >= 4 is 15.7 Å². The Morgan fingerprint density at radius 2 is 1.71 bits per heavy atom. The van der Waals surface area contributed by atoms with E-state index in [1.54, 1.807) is 12.1 Å². The van der Waals surface area contributed by atoms with Crippen LogP contribution in [0.5, 0.6) is 0 Å². The second kappa shape index (κ2) is 6.59. The molecule has 3 atom stereocenters. The molecule has 3 fully saturated rings. The number of nitrogens with one attached hydrogen (secondary N) is 2. The maximum absolute atomic E-state index is 12.6. The predicted octanol–water partition coefficient (Wildman–Crippen LogP) is 1.99. The van der Waals surface area contributed by atoms with E-state index >= 15 is 0 Å². The highest BCUT2D eigenvalue weighted by Crippen LogP contribution is 2.35. The molecule has 0 amide bonds. The Kier molecular flexibility index (Phi) is 4.47. The molecule has 0 spiro atoms. The fourth-order valence-electron chi connectivity index (χ4n) is 4.59. The summed E-state index contributed by atoms with van der Waals surface area (Å²) in [5.41, 5.74) is 0. The molecule has 2 aliphatic carbocycles. The quantitative estimate of drug-likeness (QED) is 0.864. The Bertz CT molecular complexity index is 658. The van der Waals surface area contributed by atoms with E-state index < -0.39 is 9.84 Å². The van der Waals surface area contributed by atoms with Gasteiger partial charge in [0.05, 0.1) is 5.25 Å². The minimum absolute atomic E-state index is 0.132. The van der Waals surface area contributed by atoms with Crippen molar-refractivity contribution in [1.82, 2.24) is 15.5 Å². The monoisotopic (exact) mass is 350 g/mol. The van der Waals surface area contributed by atoms with E-state index in [0.29, 0.717) is 11.9 Å². The molecule has 132 valence electrons. The summed E-state index contributed by atoms with van der Waals surface area (Å²) in [4.78, 5) is 0. The molecule has 0 aromatic carbocycles. The van der Waals surface area contributed by atoms with Gasteiger partial charge in [-0.15, -0.1) is 10.2 Å². The molecule has 7 heteroatoms. The largest absolute Gasteiger partial charge is 0.366 e. The van der Waals surface area contributed by atoms with E-state index in [0.717, 1.165) is 69.9 Å². The zero-order valence-electron chi connectivity index (χ0n) is 13.9. The minimum atomic E-state index is -3.33. The lowest BCUT2D eigenvalue weighted by molar-refractivity contribution is 0.481. The Morgan fingerprint density at radius 3 is 2.33 bits per heavy atom. The summed E-state index contributed by atoms with van der Waals surface area (Å²) in [7, 11) is -3.33. The van der Waals surface area contributed by atoms with Crippen LogP contribution in [0.2, 0.25) is 0 Å². The molecule has 1 aromatic heterocycles. The highest BCUT2D eigenvalue weighted by Gasteiger charge is 2.37. The van der Waals surface area contributed by atoms with Gasteiger partial charge in [0.1, 0.15) is 5.82 Å². The van der Waals surface area contributed by atoms with Crippen molar-refractivity contribution in [2.45, 2.75) is 61.3 Å². The predicted molar refractivity (Wildman–Crippen MR) is 92.6 cm³/mol. The molecule has 1 aliphatic heterocycles. The molecule has 1 aromatic rings. The average molecular weight is 350 g/mol. The summed E-state index contributed by atoms with van der Waals surface area (Å²) in [6.45, 7) is 2.24. The Hall–Kier alpha value is -1.21. The molecular formula is C17H26N4O2S. The first-order valence-electron chi connectivity index (χ1n) is 9.18. The zero-order chi connectivity index (χ0) is 16.6. The van der Waals surface area contributed by atoms with Crippen LogP contribution in [0.25, 0.3) is 0 Å². The first kappa shape index (κ1) is 16.3. The van der Waals surface area contributed by atoms with Crippen LogP contribution in [0.3, 0.4) is 0 Å². The van der Waals surface area contributed by atoms with Crippen LogP contribution in [0.4, 0.5) is 5.82 Å². The topological polar surface area (TPSA) is 84.0 Å². The molecule has 24 heavy (non-hydrogen) atoms. The Labute approximate surface area is 143 Å². The fraction of sp³-hybridized carbons (Fsp3) is 0.765. The highest BCUT2D eigenvalue weighted by molar-refractivity contribution is 7.92. The van der Waals surface area contributed by atoms with Gasteiger partial charge in [0.2, 0.25) is 0 Å². The molecule has 4 rings (SSSR count). The van der Waals surface area contributed by atoms with Gasteiger partial charge in [-0.25, -0.2) is 8.42 Å². The maximum Gasteiger partial charge on any atom is 0.200 e. The number of anilines is 1. The van der Waals surface area contributed by atoms with Gasteiger partial charge in [-0.05, 0) is 62.7 Å². The molecule has 2 N–H and O–H groups in total. The van der Waals surface area contributed by atoms with Crippen LogP contribution in [0, 0.1) is 11.8 Å². The van der Waals surface area contributed by atoms with Crippen molar-refractivity contribution in [2.24, 2.45) is 11.8 Å². The number of hydrogen-bond acceptors (Lipinski definition) is 6. The average Bonchev–Trinajstić information content (AvgIpc) is 3.18. The lowest BCUT2D eigenvalue weighted by atomic mass is 10.0. The van der Waals surface area contributed by atoms with Crippen LogP contribution in [-0.2, 0) is 9.84 Å². The smallest absolute Gasteiger partial charge is 0.200 e. The summed E-state index contributed by atoms with van der Waals surface area (Å²) in [5, 5.41) is 14.9. The van der Waals surface area contributed by atoms with Gasteiger partial charge in [-0.2, -0.15) is 0 Å². The van der Waals surface area contributed by atoms with E-state index in [4.69, 9.17) is 0 Å². The molecule has 0 radical (unpaired) electrons. The third kappa shape index (κ3) is 3.16. The lowest BCUT2D eigenvalue weighted by Gasteiger charge is -2.21. The van der Waals surface area contributed by atoms with E-state index in [1.165, 1.54) is 0 Å². The van der Waals surface area contributed by atoms with E-state index in [2.05, 4.69) is 20.8 Å². The number of hydrogen-bond donors (Lipinski definition) is 2.